The second kappa shape index (κ2) is 4.38. The predicted molar refractivity (Wildman–Crippen MR) is 73.3 cm³/mol. The highest BCUT2D eigenvalue weighted by atomic mass is 32.1. The second-order valence-corrected chi connectivity index (χ2v) is 5.20. The second-order valence-electron chi connectivity index (χ2n) is 4.30. The van der Waals surface area contributed by atoms with Gasteiger partial charge in [0.1, 0.15) is 4.83 Å². The molecule has 0 aromatic carbocycles. The van der Waals surface area contributed by atoms with Crippen molar-refractivity contribution >= 4 is 33.2 Å². The summed E-state index contributed by atoms with van der Waals surface area (Å²) in [5.74, 6) is 0.605. The molecule has 92 valence electrons. The van der Waals surface area contributed by atoms with Crippen LogP contribution in [0.2, 0.25) is 0 Å². The standard InChI is InChI=1S/C12H13N5S/c1-8(2)17-7-10(6-14-17)15-12-13-5-9-3-4-18-11(9)16-12/h3-8H,1-2H3,(H,13,15,16). The molecule has 0 spiro atoms. The van der Waals surface area contributed by atoms with E-state index in [1.807, 2.05) is 28.5 Å². The van der Waals surface area contributed by atoms with Crippen molar-refractivity contribution < 1.29 is 0 Å². The molecule has 3 rings (SSSR count). The van der Waals surface area contributed by atoms with Crippen LogP contribution in [0.3, 0.4) is 0 Å². The van der Waals surface area contributed by atoms with Crippen molar-refractivity contribution in [2.45, 2.75) is 19.9 Å². The van der Waals surface area contributed by atoms with Crippen LogP contribution in [0.1, 0.15) is 19.9 Å². The summed E-state index contributed by atoms with van der Waals surface area (Å²) in [4.78, 5) is 9.71. The van der Waals surface area contributed by atoms with Gasteiger partial charge in [-0.15, -0.1) is 11.3 Å². The van der Waals surface area contributed by atoms with Gasteiger partial charge in [0, 0.05) is 23.8 Å². The van der Waals surface area contributed by atoms with E-state index in [1.54, 1.807) is 17.5 Å². The van der Waals surface area contributed by atoms with E-state index in [2.05, 4.69) is 34.2 Å². The van der Waals surface area contributed by atoms with Gasteiger partial charge in [0.25, 0.3) is 0 Å². The smallest absolute Gasteiger partial charge is 0.228 e. The number of fused-ring (bicyclic) bond motifs is 1. The summed E-state index contributed by atoms with van der Waals surface area (Å²) >= 11 is 1.61. The van der Waals surface area contributed by atoms with E-state index in [4.69, 9.17) is 0 Å². The molecular formula is C12H13N5S. The van der Waals surface area contributed by atoms with E-state index in [1.165, 1.54) is 0 Å². The van der Waals surface area contributed by atoms with Crippen molar-refractivity contribution in [2.75, 3.05) is 5.32 Å². The molecule has 18 heavy (non-hydrogen) atoms. The maximum absolute atomic E-state index is 4.44. The zero-order valence-electron chi connectivity index (χ0n) is 10.2. The minimum atomic E-state index is 0.348. The molecule has 1 N–H and O–H groups in total. The fraction of sp³-hybridized carbons (Fsp3) is 0.250. The maximum atomic E-state index is 4.44. The highest BCUT2D eigenvalue weighted by Gasteiger charge is 2.04. The molecule has 3 aromatic heterocycles. The number of rotatable bonds is 3. The summed E-state index contributed by atoms with van der Waals surface area (Å²) in [5, 5.41) is 10.5. The van der Waals surface area contributed by atoms with Crippen LogP contribution in [0, 0.1) is 0 Å². The molecule has 0 atom stereocenters. The minimum absolute atomic E-state index is 0.348. The fourth-order valence-electron chi connectivity index (χ4n) is 1.63. The third kappa shape index (κ3) is 2.06. The van der Waals surface area contributed by atoms with E-state index in [9.17, 15) is 0 Å². The number of aromatic nitrogens is 4. The number of hydrogen-bond donors (Lipinski definition) is 1. The largest absolute Gasteiger partial charge is 0.321 e. The maximum Gasteiger partial charge on any atom is 0.228 e. The SMILES string of the molecule is CC(C)n1cc(Nc2ncc3ccsc3n2)cn1. The first kappa shape index (κ1) is 11.2. The molecule has 3 aromatic rings. The molecule has 0 saturated heterocycles. The average Bonchev–Trinajstić information content (AvgIpc) is 2.96. The molecule has 0 unspecified atom stereocenters. The van der Waals surface area contributed by atoms with Crippen LogP contribution in [-0.4, -0.2) is 19.7 Å². The summed E-state index contributed by atoms with van der Waals surface area (Å²) in [7, 11) is 0. The first-order valence-electron chi connectivity index (χ1n) is 5.74. The number of hydrogen-bond acceptors (Lipinski definition) is 5. The molecule has 6 heteroatoms. The molecule has 0 fully saturated rings. The van der Waals surface area contributed by atoms with E-state index >= 15 is 0 Å². The van der Waals surface area contributed by atoms with Gasteiger partial charge in [0.2, 0.25) is 5.95 Å². The number of thiophene rings is 1. The normalized spacial score (nSPS) is 11.3. The summed E-state index contributed by atoms with van der Waals surface area (Å²) in [5.41, 5.74) is 0.902. The topological polar surface area (TPSA) is 55.6 Å². The molecule has 0 radical (unpaired) electrons. The lowest BCUT2D eigenvalue weighted by atomic mass is 10.4. The number of anilines is 2. The Balaban J connectivity index is 1.86. The van der Waals surface area contributed by atoms with Crippen LogP contribution in [0.25, 0.3) is 10.2 Å². The van der Waals surface area contributed by atoms with Gasteiger partial charge in [-0.2, -0.15) is 5.10 Å². The Morgan fingerprint density at radius 3 is 3.00 bits per heavy atom. The third-order valence-corrected chi connectivity index (χ3v) is 3.42. The van der Waals surface area contributed by atoms with Crippen LogP contribution >= 0.6 is 11.3 Å². The molecule has 3 heterocycles. The lowest BCUT2D eigenvalue weighted by molar-refractivity contribution is 0.532. The monoisotopic (exact) mass is 259 g/mol. The first-order valence-corrected chi connectivity index (χ1v) is 6.62. The van der Waals surface area contributed by atoms with E-state index < -0.39 is 0 Å². The van der Waals surface area contributed by atoms with Crippen molar-refractivity contribution in [3.05, 3.63) is 30.0 Å². The van der Waals surface area contributed by atoms with Crippen LogP contribution in [-0.2, 0) is 0 Å². The van der Waals surface area contributed by atoms with Crippen LogP contribution in [0.4, 0.5) is 11.6 Å². The molecule has 0 aliphatic carbocycles. The lowest BCUT2D eigenvalue weighted by Crippen LogP contribution is -2.00. The van der Waals surface area contributed by atoms with E-state index in [0.29, 0.717) is 12.0 Å². The van der Waals surface area contributed by atoms with Crippen molar-refractivity contribution in [3.8, 4) is 0 Å². The third-order valence-electron chi connectivity index (χ3n) is 2.59. The summed E-state index contributed by atoms with van der Waals surface area (Å²) < 4.78 is 1.89. The van der Waals surface area contributed by atoms with Gasteiger partial charge >= 0.3 is 0 Å². The predicted octanol–water partition coefficient (Wildman–Crippen LogP) is 3.21. The molecule has 0 bridgehead atoms. The highest BCUT2D eigenvalue weighted by Crippen LogP contribution is 2.20. The van der Waals surface area contributed by atoms with Gasteiger partial charge in [0.05, 0.1) is 11.9 Å². The van der Waals surface area contributed by atoms with Crippen molar-refractivity contribution in [2.24, 2.45) is 0 Å². The van der Waals surface area contributed by atoms with Gasteiger partial charge in [-0.25, -0.2) is 9.97 Å². The Kier molecular flexibility index (Phi) is 2.71. The Labute approximate surface area is 109 Å². The minimum Gasteiger partial charge on any atom is -0.321 e. The highest BCUT2D eigenvalue weighted by molar-refractivity contribution is 7.16. The lowest BCUT2D eigenvalue weighted by Gasteiger charge is -2.03. The van der Waals surface area contributed by atoms with Crippen LogP contribution < -0.4 is 5.32 Å². The summed E-state index contributed by atoms with van der Waals surface area (Å²) in [6, 6.07) is 2.36. The average molecular weight is 259 g/mol. The molecule has 5 nitrogen and oxygen atoms in total. The zero-order chi connectivity index (χ0) is 12.5. The van der Waals surface area contributed by atoms with Gasteiger partial charge in [-0.05, 0) is 25.3 Å². The Hall–Kier alpha value is -1.95. The van der Waals surface area contributed by atoms with Gasteiger partial charge in [-0.1, -0.05) is 0 Å². The fourth-order valence-corrected chi connectivity index (χ4v) is 2.37. The Bertz CT molecular complexity index is 670. The summed E-state index contributed by atoms with van der Waals surface area (Å²) in [6.45, 7) is 4.18. The molecule has 0 aliphatic rings. The number of nitrogens with zero attached hydrogens (tertiary/aromatic N) is 4. The molecule has 0 saturated carbocycles. The van der Waals surface area contributed by atoms with Crippen molar-refractivity contribution in [3.63, 3.8) is 0 Å². The first-order chi connectivity index (χ1) is 8.72. The van der Waals surface area contributed by atoms with Gasteiger partial charge in [-0.3, -0.25) is 4.68 Å². The summed E-state index contributed by atoms with van der Waals surface area (Å²) in [6.07, 6.45) is 5.56. The van der Waals surface area contributed by atoms with Crippen molar-refractivity contribution in [1.82, 2.24) is 19.7 Å². The van der Waals surface area contributed by atoms with E-state index in [-0.39, 0.29) is 0 Å². The molecule has 0 aliphatic heterocycles. The molecule has 0 amide bonds. The van der Waals surface area contributed by atoms with Gasteiger partial charge < -0.3 is 5.32 Å². The van der Waals surface area contributed by atoms with Crippen molar-refractivity contribution in [1.29, 1.82) is 0 Å². The van der Waals surface area contributed by atoms with Crippen LogP contribution in [0.15, 0.2) is 30.0 Å². The Morgan fingerprint density at radius 1 is 1.33 bits per heavy atom. The molecular weight excluding hydrogens is 246 g/mol. The number of nitrogens with one attached hydrogen (secondary N) is 1. The van der Waals surface area contributed by atoms with E-state index in [0.717, 1.165) is 15.9 Å². The zero-order valence-corrected chi connectivity index (χ0v) is 11.0. The quantitative estimate of drug-likeness (QED) is 0.784. The Morgan fingerprint density at radius 2 is 2.22 bits per heavy atom. The van der Waals surface area contributed by atoms with Crippen LogP contribution in [0.5, 0.6) is 0 Å². The van der Waals surface area contributed by atoms with Gasteiger partial charge in [0.15, 0.2) is 0 Å².